The fourth-order valence-corrected chi connectivity index (χ4v) is 4.76. The van der Waals surface area contributed by atoms with Crippen LogP contribution in [0.5, 0.6) is 0 Å². The molecule has 4 rings (SSSR count). The Morgan fingerprint density at radius 3 is 2.71 bits per heavy atom. The monoisotopic (exact) mass is 501 g/mol. The minimum Gasteiger partial charge on any atom is -0.449 e. The lowest BCUT2D eigenvalue weighted by molar-refractivity contribution is 0.0830. The van der Waals surface area contributed by atoms with Crippen molar-refractivity contribution in [2.75, 3.05) is 31.6 Å². The van der Waals surface area contributed by atoms with Gasteiger partial charge >= 0.3 is 6.09 Å². The van der Waals surface area contributed by atoms with Crippen LogP contribution in [0.15, 0.2) is 53.1 Å². The highest BCUT2D eigenvalue weighted by Crippen LogP contribution is 2.24. The summed E-state index contributed by atoms with van der Waals surface area (Å²) in [7, 11) is 0. The molecule has 0 saturated carbocycles. The molecule has 6 nitrogen and oxygen atoms in total. The van der Waals surface area contributed by atoms with E-state index in [1.54, 1.807) is 0 Å². The van der Waals surface area contributed by atoms with E-state index >= 15 is 0 Å². The van der Waals surface area contributed by atoms with Crippen LogP contribution in [-0.2, 0) is 4.74 Å². The fourth-order valence-electron chi connectivity index (χ4n) is 3.81. The Bertz CT molecular complexity index is 1050. The first-order chi connectivity index (χ1) is 15.1. The molecule has 31 heavy (non-hydrogen) atoms. The van der Waals surface area contributed by atoms with Gasteiger partial charge in [0.2, 0.25) is 0 Å². The highest BCUT2D eigenvalue weighted by atomic mass is 79.9. The van der Waals surface area contributed by atoms with Gasteiger partial charge in [0.05, 0.1) is 11.3 Å². The van der Waals surface area contributed by atoms with Crippen molar-refractivity contribution in [3.63, 3.8) is 0 Å². The maximum Gasteiger partial charge on any atom is 0.411 e. The van der Waals surface area contributed by atoms with Gasteiger partial charge < -0.3 is 9.64 Å². The maximum absolute atomic E-state index is 12.7. The average Bonchev–Trinajstić information content (AvgIpc) is 3.25. The molecule has 3 aromatic rings. The second kappa shape index (κ2) is 10.3. The number of aromatic nitrogens is 1. The van der Waals surface area contributed by atoms with Crippen molar-refractivity contribution < 1.29 is 14.3 Å². The first kappa shape index (κ1) is 21.9. The first-order valence-corrected chi connectivity index (χ1v) is 12.0. The van der Waals surface area contributed by atoms with Crippen LogP contribution in [-0.4, -0.2) is 47.4 Å². The Hall–Kier alpha value is -2.29. The predicted molar refractivity (Wildman–Crippen MR) is 127 cm³/mol. The number of hydrogen-bond donors (Lipinski definition) is 1. The molecule has 2 heterocycles. The molecule has 0 radical (unpaired) electrons. The van der Waals surface area contributed by atoms with Gasteiger partial charge in [-0.1, -0.05) is 28.1 Å². The molecule has 1 fully saturated rings. The normalized spacial score (nSPS) is 15.1. The Morgan fingerprint density at radius 1 is 1.16 bits per heavy atom. The molecule has 2 aromatic carbocycles. The standard InChI is InChI=1S/C23H24BrN3O3S/c24-19-5-2-16(3-6-19)22(28)17-8-11-27(12-9-17)10-1-13-30-23(29)26-20-7-4-18-15-25-31-21(18)14-20/h2-7,14-15,17H,1,8-13H2,(H,26,29). The minimum atomic E-state index is -0.442. The van der Waals surface area contributed by atoms with E-state index in [2.05, 4.69) is 30.5 Å². The van der Waals surface area contributed by atoms with Crippen molar-refractivity contribution in [1.82, 2.24) is 9.27 Å². The minimum absolute atomic E-state index is 0.0929. The molecule has 1 aliphatic heterocycles. The van der Waals surface area contributed by atoms with Crippen molar-refractivity contribution in [1.29, 1.82) is 0 Å². The lowest BCUT2D eigenvalue weighted by Gasteiger charge is -2.31. The third-order valence-corrected chi connectivity index (χ3v) is 6.83. The van der Waals surface area contributed by atoms with E-state index in [9.17, 15) is 9.59 Å². The van der Waals surface area contributed by atoms with Crippen LogP contribution >= 0.6 is 27.5 Å². The smallest absolute Gasteiger partial charge is 0.411 e. The Balaban J connectivity index is 1.13. The fraction of sp³-hybridized carbons (Fsp3) is 0.348. The molecule has 1 saturated heterocycles. The second-order valence-electron chi connectivity index (χ2n) is 7.68. The van der Waals surface area contributed by atoms with Crippen LogP contribution in [0.25, 0.3) is 10.1 Å². The van der Waals surface area contributed by atoms with Crippen molar-refractivity contribution in [2.24, 2.45) is 5.92 Å². The van der Waals surface area contributed by atoms with E-state index in [-0.39, 0.29) is 11.7 Å². The van der Waals surface area contributed by atoms with Crippen molar-refractivity contribution >= 4 is 55.1 Å². The molecular formula is C23H24BrN3O3S. The van der Waals surface area contributed by atoms with E-state index in [4.69, 9.17) is 4.74 Å². The molecule has 1 amide bonds. The second-order valence-corrected chi connectivity index (χ2v) is 9.43. The number of piperidine rings is 1. The number of halogens is 1. The van der Waals surface area contributed by atoms with E-state index in [1.807, 2.05) is 48.7 Å². The van der Waals surface area contributed by atoms with E-state index < -0.39 is 6.09 Å². The molecule has 0 atom stereocenters. The molecule has 0 spiro atoms. The van der Waals surface area contributed by atoms with Gasteiger partial charge in [-0.2, -0.15) is 4.37 Å². The number of carbonyl (C=O) groups is 2. The van der Waals surface area contributed by atoms with Gasteiger partial charge in [-0.3, -0.25) is 10.1 Å². The molecule has 1 aromatic heterocycles. The van der Waals surface area contributed by atoms with Gasteiger partial charge in [-0.25, -0.2) is 4.79 Å². The van der Waals surface area contributed by atoms with E-state index in [0.717, 1.165) is 59.0 Å². The van der Waals surface area contributed by atoms with Gasteiger partial charge in [0.1, 0.15) is 0 Å². The lowest BCUT2D eigenvalue weighted by Crippen LogP contribution is -2.37. The lowest BCUT2D eigenvalue weighted by atomic mass is 9.89. The predicted octanol–water partition coefficient (Wildman–Crippen LogP) is 5.59. The molecule has 0 bridgehead atoms. The van der Waals surface area contributed by atoms with Gasteiger partial charge in [0, 0.05) is 39.8 Å². The van der Waals surface area contributed by atoms with Crippen LogP contribution in [0, 0.1) is 5.92 Å². The average molecular weight is 502 g/mol. The van der Waals surface area contributed by atoms with Crippen molar-refractivity contribution in [2.45, 2.75) is 19.3 Å². The van der Waals surface area contributed by atoms with Gasteiger partial charge in [0.25, 0.3) is 0 Å². The number of ether oxygens (including phenoxy) is 1. The molecule has 1 N–H and O–H groups in total. The van der Waals surface area contributed by atoms with Crippen LogP contribution in [0.4, 0.5) is 10.5 Å². The molecular weight excluding hydrogens is 478 g/mol. The summed E-state index contributed by atoms with van der Waals surface area (Å²) < 4.78 is 11.5. The quantitative estimate of drug-likeness (QED) is 0.337. The number of nitrogens with zero attached hydrogens (tertiary/aromatic N) is 2. The zero-order valence-electron chi connectivity index (χ0n) is 17.1. The zero-order chi connectivity index (χ0) is 21.6. The molecule has 8 heteroatoms. The Morgan fingerprint density at radius 2 is 1.94 bits per heavy atom. The SMILES string of the molecule is O=C(Nc1ccc2cnsc2c1)OCCCN1CCC(C(=O)c2ccc(Br)cc2)CC1. The number of rotatable bonds is 7. The van der Waals surface area contributed by atoms with Crippen molar-refractivity contribution in [3.8, 4) is 0 Å². The van der Waals surface area contributed by atoms with Crippen LogP contribution in [0.2, 0.25) is 0 Å². The summed E-state index contributed by atoms with van der Waals surface area (Å²) in [6.45, 7) is 3.02. The van der Waals surface area contributed by atoms with Crippen LogP contribution in [0.3, 0.4) is 0 Å². The van der Waals surface area contributed by atoms with Crippen molar-refractivity contribution in [3.05, 3.63) is 58.7 Å². The first-order valence-electron chi connectivity index (χ1n) is 10.4. The number of anilines is 1. The number of benzene rings is 2. The number of Topliss-reactive ketones (excluding diaryl/α,β-unsaturated/α-hetero) is 1. The number of amides is 1. The number of nitrogens with one attached hydrogen (secondary N) is 1. The van der Waals surface area contributed by atoms with Gasteiger partial charge in [-0.15, -0.1) is 0 Å². The maximum atomic E-state index is 12.7. The summed E-state index contributed by atoms with van der Waals surface area (Å²) in [4.78, 5) is 27.0. The summed E-state index contributed by atoms with van der Waals surface area (Å²) in [6.07, 6.45) is 3.88. The third-order valence-electron chi connectivity index (χ3n) is 5.54. The number of carbonyl (C=O) groups excluding carboxylic acids is 2. The molecule has 1 aliphatic rings. The zero-order valence-corrected chi connectivity index (χ0v) is 19.5. The van der Waals surface area contributed by atoms with E-state index in [1.165, 1.54) is 11.5 Å². The summed E-state index contributed by atoms with van der Waals surface area (Å²) in [5.74, 6) is 0.332. The summed E-state index contributed by atoms with van der Waals surface area (Å²) in [5.41, 5.74) is 1.50. The molecule has 0 aliphatic carbocycles. The Labute approximate surface area is 193 Å². The third kappa shape index (κ3) is 5.90. The van der Waals surface area contributed by atoms with Crippen LogP contribution < -0.4 is 5.32 Å². The number of hydrogen-bond acceptors (Lipinski definition) is 6. The van der Waals surface area contributed by atoms with Gasteiger partial charge in [-0.05, 0) is 74.2 Å². The summed E-state index contributed by atoms with van der Waals surface area (Å²) in [5, 5.41) is 3.82. The molecule has 162 valence electrons. The Kier molecular flexibility index (Phi) is 7.32. The summed E-state index contributed by atoms with van der Waals surface area (Å²) in [6, 6.07) is 13.3. The highest BCUT2D eigenvalue weighted by Gasteiger charge is 2.25. The van der Waals surface area contributed by atoms with Crippen LogP contribution in [0.1, 0.15) is 29.6 Å². The number of ketones is 1. The van der Waals surface area contributed by atoms with Gasteiger partial charge in [0.15, 0.2) is 5.78 Å². The number of fused-ring (bicyclic) bond motifs is 1. The number of likely N-dealkylation sites (tertiary alicyclic amines) is 1. The topological polar surface area (TPSA) is 71.5 Å². The summed E-state index contributed by atoms with van der Waals surface area (Å²) >= 11 is 4.80. The highest BCUT2D eigenvalue weighted by molar-refractivity contribution is 9.10. The van der Waals surface area contributed by atoms with E-state index in [0.29, 0.717) is 12.3 Å². The molecule has 0 unspecified atom stereocenters. The largest absolute Gasteiger partial charge is 0.449 e.